The number of nitriles is 1. The van der Waals surface area contributed by atoms with Gasteiger partial charge in [0, 0.05) is 5.56 Å². The summed E-state index contributed by atoms with van der Waals surface area (Å²) in [5, 5.41) is 27.2. The van der Waals surface area contributed by atoms with Gasteiger partial charge in [-0.2, -0.15) is 5.26 Å². The fourth-order valence-electron chi connectivity index (χ4n) is 1.39. The molecule has 1 heterocycles. The molecule has 5 heteroatoms. The predicted molar refractivity (Wildman–Crippen MR) is 53.6 cm³/mol. The number of aliphatic hydroxyl groups is 1. The Labute approximate surface area is 86.8 Å². The van der Waals surface area contributed by atoms with Gasteiger partial charge >= 0.3 is 0 Å². The standard InChI is InChI=1S/C10H12N2O3/c1-6-7(2)9(14)12(3-4-13)10(15)8(6)5-11/h13-14H,3-4H2,1-2H3. The lowest BCUT2D eigenvalue weighted by molar-refractivity contribution is 0.263. The molecule has 0 unspecified atom stereocenters. The second kappa shape index (κ2) is 4.15. The highest BCUT2D eigenvalue weighted by Crippen LogP contribution is 2.19. The minimum atomic E-state index is -0.563. The first kappa shape index (κ1) is 11.3. The molecule has 0 aromatic carbocycles. The van der Waals surface area contributed by atoms with Gasteiger partial charge in [0.05, 0.1) is 13.2 Å². The van der Waals surface area contributed by atoms with Gasteiger partial charge in [0.1, 0.15) is 11.6 Å². The molecule has 1 aromatic heterocycles. The SMILES string of the molecule is Cc1c(C)c(O)n(CCO)c(=O)c1C#N. The number of hydrogen-bond donors (Lipinski definition) is 2. The molecule has 0 saturated carbocycles. The van der Waals surface area contributed by atoms with E-state index in [0.717, 1.165) is 4.57 Å². The molecular weight excluding hydrogens is 196 g/mol. The van der Waals surface area contributed by atoms with E-state index in [-0.39, 0.29) is 24.6 Å². The quantitative estimate of drug-likeness (QED) is 0.718. The van der Waals surface area contributed by atoms with Crippen molar-refractivity contribution in [3.05, 3.63) is 27.0 Å². The van der Waals surface area contributed by atoms with Gasteiger partial charge in [-0.05, 0) is 19.4 Å². The lowest BCUT2D eigenvalue weighted by Gasteiger charge is -2.12. The summed E-state index contributed by atoms with van der Waals surface area (Å²) < 4.78 is 1.00. The Morgan fingerprint density at radius 3 is 2.47 bits per heavy atom. The molecule has 0 spiro atoms. The molecule has 1 rings (SSSR count). The molecule has 0 radical (unpaired) electrons. The number of aromatic nitrogens is 1. The molecular formula is C10H12N2O3. The highest BCUT2D eigenvalue weighted by Gasteiger charge is 2.15. The number of rotatable bonds is 2. The van der Waals surface area contributed by atoms with Crippen LogP contribution < -0.4 is 5.56 Å². The van der Waals surface area contributed by atoms with Gasteiger partial charge in [-0.25, -0.2) is 0 Å². The predicted octanol–water partition coefficient (Wildman–Crippen LogP) is 0.0347. The zero-order valence-electron chi connectivity index (χ0n) is 8.61. The minimum absolute atomic E-state index is 0.0127. The average molecular weight is 208 g/mol. The second-order valence-electron chi connectivity index (χ2n) is 3.24. The summed E-state index contributed by atoms with van der Waals surface area (Å²) in [5.74, 6) is -0.189. The van der Waals surface area contributed by atoms with Crippen molar-refractivity contribution in [1.82, 2.24) is 4.57 Å². The maximum absolute atomic E-state index is 11.7. The molecule has 80 valence electrons. The number of pyridine rings is 1. The lowest BCUT2D eigenvalue weighted by atomic mass is 10.1. The highest BCUT2D eigenvalue weighted by atomic mass is 16.3. The van der Waals surface area contributed by atoms with Crippen LogP contribution >= 0.6 is 0 Å². The van der Waals surface area contributed by atoms with E-state index in [1.807, 2.05) is 0 Å². The number of aliphatic hydroxyl groups excluding tert-OH is 1. The normalized spacial score (nSPS) is 10.0. The van der Waals surface area contributed by atoms with Crippen molar-refractivity contribution in [3.63, 3.8) is 0 Å². The summed E-state index contributed by atoms with van der Waals surface area (Å²) in [6, 6.07) is 1.80. The third kappa shape index (κ3) is 1.72. The number of aromatic hydroxyl groups is 1. The van der Waals surface area contributed by atoms with E-state index in [1.165, 1.54) is 0 Å². The molecule has 0 aliphatic rings. The van der Waals surface area contributed by atoms with Crippen molar-refractivity contribution < 1.29 is 10.2 Å². The van der Waals surface area contributed by atoms with E-state index in [0.29, 0.717) is 11.1 Å². The van der Waals surface area contributed by atoms with E-state index in [1.54, 1.807) is 19.9 Å². The summed E-state index contributed by atoms with van der Waals surface area (Å²) in [7, 11) is 0. The van der Waals surface area contributed by atoms with Crippen LogP contribution in [0.25, 0.3) is 0 Å². The molecule has 15 heavy (non-hydrogen) atoms. The Balaban J connectivity index is 3.63. The topological polar surface area (TPSA) is 86.2 Å². The molecule has 1 aromatic rings. The van der Waals surface area contributed by atoms with Crippen LogP contribution in [-0.4, -0.2) is 21.4 Å². The van der Waals surface area contributed by atoms with Gasteiger partial charge < -0.3 is 10.2 Å². The molecule has 2 N–H and O–H groups in total. The van der Waals surface area contributed by atoms with Crippen molar-refractivity contribution in [2.75, 3.05) is 6.61 Å². The Bertz CT molecular complexity index is 483. The zero-order chi connectivity index (χ0) is 11.6. The van der Waals surface area contributed by atoms with E-state index >= 15 is 0 Å². The van der Waals surface area contributed by atoms with E-state index in [9.17, 15) is 9.90 Å². The first-order valence-corrected chi connectivity index (χ1v) is 4.48. The maximum Gasteiger partial charge on any atom is 0.271 e. The Hall–Kier alpha value is -1.80. The van der Waals surface area contributed by atoms with Gasteiger partial charge in [0.25, 0.3) is 5.56 Å². The third-order valence-corrected chi connectivity index (χ3v) is 2.42. The monoisotopic (exact) mass is 208 g/mol. The Kier molecular flexibility index (Phi) is 3.12. The Morgan fingerprint density at radius 1 is 1.40 bits per heavy atom. The smallest absolute Gasteiger partial charge is 0.271 e. The van der Waals surface area contributed by atoms with Crippen molar-refractivity contribution >= 4 is 0 Å². The van der Waals surface area contributed by atoms with Crippen LogP contribution in [0.3, 0.4) is 0 Å². The summed E-state index contributed by atoms with van der Waals surface area (Å²) in [6.45, 7) is 2.96. The zero-order valence-corrected chi connectivity index (χ0v) is 8.61. The van der Waals surface area contributed by atoms with Crippen LogP contribution in [0.1, 0.15) is 16.7 Å². The van der Waals surface area contributed by atoms with Crippen LogP contribution in [0.5, 0.6) is 5.88 Å². The first-order valence-electron chi connectivity index (χ1n) is 4.48. The third-order valence-electron chi connectivity index (χ3n) is 2.42. The van der Waals surface area contributed by atoms with Crippen molar-refractivity contribution in [2.24, 2.45) is 0 Å². The molecule has 5 nitrogen and oxygen atoms in total. The fourth-order valence-corrected chi connectivity index (χ4v) is 1.39. The highest BCUT2D eigenvalue weighted by molar-refractivity contribution is 5.44. The van der Waals surface area contributed by atoms with E-state index in [2.05, 4.69) is 0 Å². The van der Waals surface area contributed by atoms with Gasteiger partial charge in [-0.15, -0.1) is 0 Å². The van der Waals surface area contributed by atoms with Gasteiger partial charge in [-0.1, -0.05) is 0 Å². The first-order chi connectivity index (χ1) is 7.04. The van der Waals surface area contributed by atoms with Crippen LogP contribution in [0.4, 0.5) is 0 Å². The average Bonchev–Trinajstić information content (AvgIpc) is 2.22. The molecule has 0 fully saturated rings. The minimum Gasteiger partial charge on any atom is -0.494 e. The van der Waals surface area contributed by atoms with Crippen LogP contribution in [0.15, 0.2) is 4.79 Å². The maximum atomic E-state index is 11.7. The molecule has 0 atom stereocenters. The fraction of sp³-hybridized carbons (Fsp3) is 0.400. The molecule has 0 bridgehead atoms. The van der Waals surface area contributed by atoms with E-state index < -0.39 is 5.56 Å². The lowest BCUT2D eigenvalue weighted by Crippen LogP contribution is -2.26. The summed E-state index contributed by atoms with van der Waals surface area (Å²) in [4.78, 5) is 11.7. The summed E-state index contributed by atoms with van der Waals surface area (Å²) >= 11 is 0. The van der Waals surface area contributed by atoms with Gasteiger partial charge in [0.15, 0.2) is 5.88 Å². The second-order valence-corrected chi connectivity index (χ2v) is 3.24. The number of hydrogen-bond acceptors (Lipinski definition) is 4. The number of nitrogens with zero attached hydrogens (tertiary/aromatic N) is 2. The largest absolute Gasteiger partial charge is 0.494 e. The molecule has 0 saturated heterocycles. The van der Waals surface area contributed by atoms with Crippen LogP contribution in [-0.2, 0) is 6.54 Å². The van der Waals surface area contributed by atoms with Crippen LogP contribution in [0, 0.1) is 25.2 Å². The summed E-state index contributed by atoms with van der Waals surface area (Å²) in [6.07, 6.45) is 0. The van der Waals surface area contributed by atoms with Crippen molar-refractivity contribution in [2.45, 2.75) is 20.4 Å². The summed E-state index contributed by atoms with van der Waals surface area (Å²) in [5.41, 5.74) is 0.416. The molecule has 0 aliphatic carbocycles. The molecule has 0 aliphatic heterocycles. The van der Waals surface area contributed by atoms with Crippen molar-refractivity contribution in [1.29, 1.82) is 5.26 Å². The van der Waals surface area contributed by atoms with Gasteiger partial charge in [-0.3, -0.25) is 9.36 Å². The van der Waals surface area contributed by atoms with Crippen molar-refractivity contribution in [3.8, 4) is 11.9 Å². The van der Waals surface area contributed by atoms with E-state index in [4.69, 9.17) is 10.4 Å². The van der Waals surface area contributed by atoms with Crippen LogP contribution in [0.2, 0.25) is 0 Å². The Morgan fingerprint density at radius 2 is 2.00 bits per heavy atom. The molecule has 0 amide bonds. The van der Waals surface area contributed by atoms with Gasteiger partial charge in [0.2, 0.25) is 0 Å².